The van der Waals surface area contributed by atoms with E-state index in [1.165, 1.54) is 0 Å². The van der Waals surface area contributed by atoms with Crippen molar-refractivity contribution in [3.63, 3.8) is 0 Å². The molecule has 0 bridgehead atoms. The van der Waals surface area contributed by atoms with Gasteiger partial charge in [0.25, 0.3) is 0 Å². The molecule has 0 spiro atoms. The van der Waals surface area contributed by atoms with E-state index in [1.807, 2.05) is 91.2 Å². The van der Waals surface area contributed by atoms with Gasteiger partial charge in [-0.2, -0.15) is 18.2 Å². The number of nitrogens with zero attached hydrogens (tertiary/aromatic N) is 2. The average molecular weight is 602 g/mol. The summed E-state index contributed by atoms with van der Waals surface area (Å²) in [6, 6.07) is 25.0. The fraction of sp³-hybridized carbons (Fsp3) is 0.241. The zero-order chi connectivity index (χ0) is 30.4. The fourth-order valence-corrected chi connectivity index (χ4v) is 4.16. The third-order valence-electron chi connectivity index (χ3n) is 5.43. The molecule has 2 aromatic heterocycles. The van der Waals surface area contributed by atoms with Gasteiger partial charge >= 0.3 is 12.1 Å². The van der Waals surface area contributed by atoms with Crippen LogP contribution >= 0.6 is 11.3 Å². The molecule has 13 heteroatoms. The Balaban J connectivity index is 0.000000616. The summed E-state index contributed by atoms with van der Waals surface area (Å²) >= 11 is 1.62. The van der Waals surface area contributed by atoms with Gasteiger partial charge < -0.3 is 25.8 Å². The monoisotopic (exact) mass is 601 g/mol. The lowest BCUT2D eigenvalue weighted by Crippen LogP contribution is -2.41. The molecule has 0 unspecified atom stereocenters. The lowest BCUT2D eigenvalue weighted by Gasteiger charge is -2.20. The van der Waals surface area contributed by atoms with E-state index in [9.17, 15) is 18.0 Å². The maximum absolute atomic E-state index is 13.1. The lowest BCUT2D eigenvalue weighted by molar-refractivity contribution is -0.192. The molecule has 4 rings (SSSR count). The first kappa shape index (κ1) is 31.9. The van der Waals surface area contributed by atoms with Crippen LogP contribution in [0.25, 0.3) is 0 Å². The molecular formula is C29H30F3N5O4S. The number of thiophene rings is 1. The van der Waals surface area contributed by atoms with Crippen molar-refractivity contribution in [2.75, 3.05) is 23.8 Å². The summed E-state index contributed by atoms with van der Waals surface area (Å²) in [5.74, 6) is -0.936. The van der Waals surface area contributed by atoms with E-state index in [-0.39, 0.29) is 5.91 Å². The van der Waals surface area contributed by atoms with E-state index >= 15 is 0 Å². The molecule has 9 nitrogen and oxygen atoms in total. The van der Waals surface area contributed by atoms with Gasteiger partial charge in [-0.15, -0.1) is 11.3 Å². The van der Waals surface area contributed by atoms with E-state index in [2.05, 4.69) is 25.9 Å². The summed E-state index contributed by atoms with van der Waals surface area (Å²) in [6.45, 7) is 3.43. The number of ether oxygens (including phenoxy) is 1. The SMILES string of the molecule is Cc1cc(N[C@@H](Cc2ccccc2)C(=O)NCc2cccs2)nc(NCCOc2ccccc2)n1.O=C(O)C(F)(F)F. The molecule has 1 atom stereocenters. The highest BCUT2D eigenvalue weighted by molar-refractivity contribution is 7.09. The minimum atomic E-state index is -5.08. The second kappa shape index (κ2) is 16.0. The summed E-state index contributed by atoms with van der Waals surface area (Å²) in [7, 11) is 0. The second-order valence-electron chi connectivity index (χ2n) is 8.79. The number of aryl methyl sites for hydroxylation is 1. The number of hydrogen-bond acceptors (Lipinski definition) is 8. The molecule has 2 heterocycles. The van der Waals surface area contributed by atoms with Gasteiger partial charge in [0.2, 0.25) is 11.9 Å². The van der Waals surface area contributed by atoms with Crippen molar-refractivity contribution < 1.29 is 32.6 Å². The van der Waals surface area contributed by atoms with Crippen LogP contribution in [0.3, 0.4) is 0 Å². The Morgan fingerprint density at radius 3 is 2.29 bits per heavy atom. The van der Waals surface area contributed by atoms with Gasteiger partial charge in [0.15, 0.2) is 0 Å². The smallest absolute Gasteiger partial charge is 0.490 e. The number of carboxylic acid groups (broad SMARTS) is 1. The number of benzene rings is 2. The van der Waals surface area contributed by atoms with Crippen molar-refractivity contribution in [1.29, 1.82) is 0 Å². The van der Waals surface area contributed by atoms with Crippen LogP contribution in [0, 0.1) is 6.92 Å². The highest BCUT2D eigenvalue weighted by atomic mass is 32.1. The van der Waals surface area contributed by atoms with Crippen LogP contribution in [-0.2, 0) is 22.6 Å². The quantitative estimate of drug-likeness (QED) is 0.161. The van der Waals surface area contributed by atoms with Crippen LogP contribution in [0.4, 0.5) is 24.9 Å². The molecule has 42 heavy (non-hydrogen) atoms. The highest BCUT2D eigenvalue weighted by Gasteiger charge is 2.38. The number of carbonyl (C=O) groups excluding carboxylic acids is 1. The number of alkyl halides is 3. The molecule has 0 saturated heterocycles. The van der Waals surface area contributed by atoms with E-state index in [0.717, 1.165) is 21.9 Å². The molecule has 0 radical (unpaired) electrons. The van der Waals surface area contributed by atoms with Gasteiger partial charge in [0, 0.05) is 23.1 Å². The Hall–Kier alpha value is -4.65. The van der Waals surface area contributed by atoms with Crippen LogP contribution in [0.1, 0.15) is 16.1 Å². The number of halogens is 3. The minimum Gasteiger partial charge on any atom is -0.492 e. The van der Waals surface area contributed by atoms with Crippen molar-refractivity contribution in [2.24, 2.45) is 0 Å². The molecule has 2 aromatic carbocycles. The highest BCUT2D eigenvalue weighted by Crippen LogP contribution is 2.15. The number of amides is 1. The van der Waals surface area contributed by atoms with Crippen molar-refractivity contribution in [3.8, 4) is 5.75 Å². The first-order valence-corrected chi connectivity index (χ1v) is 13.7. The molecule has 4 aromatic rings. The first-order valence-electron chi connectivity index (χ1n) is 12.8. The third-order valence-corrected chi connectivity index (χ3v) is 6.31. The van der Waals surface area contributed by atoms with Gasteiger partial charge in [0.05, 0.1) is 13.1 Å². The molecule has 0 aliphatic carbocycles. The predicted molar refractivity (Wildman–Crippen MR) is 155 cm³/mol. The largest absolute Gasteiger partial charge is 0.492 e. The molecule has 0 saturated carbocycles. The predicted octanol–water partition coefficient (Wildman–Crippen LogP) is 5.31. The summed E-state index contributed by atoms with van der Waals surface area (Å²) in [5, 5.41) is 18.7. The maximum atomic E-state index is 13.1. The third kappa shape index (κ3) is 11.5. The summed E-state index contributed by atoms with van der Waals surface area (Å²) in [6.07, 6.45) is -4.55. The molecule has 222 valence electrons. The Labute approximate surface area is 244 Å². The van der Waals surface area contributed by atoms with Gasteiger partial charge in [-0.25, -0.2) is 9.78 Å². The Morgan fingerprint density at radius 2 is 1.67 bits per heavy atom. The van der Waals surface area contributed by atoms with Crippen molar-refractivity contribution >= 4 is 35.0 Å². The number of nitrogens with one attached hydrogen (secondary N) is 3. The standard InChI is InChI=1S/C27H29N5O2S.C2HF3O2/c1-20-17-25(32-27(30-20)28-14-15-34-22-11-6-3-7-12-22)31-24(18-21-9-4-2-5-10-21)26(33)29-19-23-13-8-16-35-23;3-2(4,5)1(6)7/h2-13,16-17,24H,14-15,18-19H2,1H3,(H,29,33)(H2,28,30,31,32);(H,6,7)/t24-;/m0./s1. The number of para-hydroxylation sites is 1. The molecule has 1 amide bonds. The lowest BCUT2D eigenvalue weighted by atomic mass is 10.1. The topological polar surface area (TPSA) is 125 Å². The Bertz CT molecular complexity index is 1390. The summed E-state index contributed by atoms with van der Waals surface area (Å²) in [5.41, 5.74) is 1.87. The van der Waals surface area contributed by atoms with Gasteiger partial charge in [-0.1, -0.05) is 54.6 Å². The summed E-state index contributed by atoms with van der Waals surface area (Å²) < 4.78 is 37.5. The van der Waals surface area contributed by atoms with Crippen LogP contribution in [0.5, 0.6) is 5.75 Å². The maximum Gasteiger partial charge on any atom is 0.490 e. The van der Waals surface area contributed by atoms with Crippen molar-refractivity contribution in [1.82, 2.24) is 15.3 Å². The molecular weight excluding hydrogens is 571 g/mol. The normalized spacial score (nSPS) is 11.4. The number of aromatic nitrogens is 2. The average Bonchev–Trinajstić information content (AvgIpc) is 3.48. The number of aliphatic carboxylic acids is 1. The van der Waals surface area contributed by atoms with Crippen molar-refractivity contribution in [2.45, 2.75) is 32.1 Å². The molecule has 0 aliphatic heterocycles. The van der Waals surface area contributed by atoms with E-state index in [4.69, 9.17) is 14.6 Å². The van der Waals surface area contributed by atoms with Gasteiger partial charge in [-0.3, -0.25) is 4.79 Å². The number of hydrogen-bond donors (Lipinski definition) is 4. The number of carbonyl (C=O) groups is 2. The second-order valence-corrected chi connectivity index (χ2v) is 9.83. The fourth-order valence-electron chi connectivity index (χ4n) is 3.52. The molecule has 0 fully saturated rings. The van der Waals surface area contributed by atoms with Gasteiger partial charge in [-0.05, 0) is 36.1 Å². The zero-order valence-corrected chi connectivity index (χ0v) is 23.4. The Kier molecular flexibility index (Phi) is 12.1. The number of rotatable bonds is 12. The summed E-state index contributed by atoms with van der Waals surface area (Å²) in [4.78, 5) is 32.2. The van der Waals surface area contributed by atoms with E-state index < -0.39 is 18.2 Å². The van der Waals surface area contributed by atoms with Crippen LogP contribution in [0.2, 0.25) is 0 Å². The zero-order valence-electron chi connectivity index (χ0n) is 22.6. The van der Waals surface area contributed by atoms with Crippen LogP contribution in [0.15, 0.2) is 84.2 Å². The first-order chi connectivity index (χ1) is 20.1. The van der Waals surface area contributed by atoms with Gasteiger partial charge in [0.1, 0.15) is 24.2 Å². The van der Waals surface area contributed by atoms with Crippen molar-refractivity contribution in [3.05, 3.63) is 100 Å². The molecule has 0 aliphatic rings. The Morgan fingerprint density at radius 1 is 1.00 bits per heavy atom. The minimum absolute atomic E-state index is 0.0794. The van der Waals surface area contributed by atoms with Crippen LogP contribution < -0.4 is 20.7 Å². The van der Waals surface area contributed by atoms with Crippen LogP contribution in [-0.4, -0.2) is 52.3 Å². The molecule has 4 N–H and O–H groups in total. The van der Waals surface area contributed by atoms with E-state index in [1.54, 1.807) is 11.3 Å². The number of carboxylic acids is 1. The number of anilines is 2. The van der Waals surface area contributed by atoms with E-state index in [0.29, 0.717) is 37.9 Å².